The van der Waals surface area contributed by atoms with Gasteiger partial charge in [0.1, 0.15) is 0 Å². The van der Waals surface area contributed by atoms with E-state index in [0.717, 1.165) is 0 Å². The Morgan fingerprint density at radius 1 is 0.615 bits per heavy atom. The first-order chi connectivity index (χ1) is 16.8. The molecule has 0 aliphatic carbocycles. The molecule has 1 aromatic rings. The van der Waals surface area contributed by atoms with Crippen molar-refractivity contribution < 1.29 is 110 Å². The van der Waals surface area contributed by atoms with Crippen molar-refractivity contribution in [2.45, 2.75) is 66.7 Å². The molecule has 0 saturated carbocycles. The maximum atomic E-state index is 13.0. The first-order valence-electron chi connectivity index (χ1n) is 9.25. The summed E-state index contributed by atoms with van der Waals surface area (Å²) in [6.45, 7) is 2.21. The summed E-state index contributed by atoms with van der Waals surface area (Å²) in [5.74, 6) is -52.1. The van der Waals surface area contributed by atoms with Gasteiger partial charge < -0.3 is 4.55 Å². The molecule has 3 nitrogen and oxygen atoms in total. The topological polar surface area (TPSA) is 57.2 Å². The minimum Gasteiger partial charge on any atom is -0.743 e. The highest BCUT2D eigenvalue weighted by Crippen LogP contribution is 2.64. The third kappa shape index (κ3) is 6.30. The molecule has 0 amide bonds. The molecule has 0 radical (unpaired) electrons. The lowest BCUT2D eigenvalue weighted by Crippen LogP contribution is -3.34. The highest BCUT2D eigenvalue weighted by molar-refractivity contribution is 7.86. The van der Waals surface area contributed by atoms with Crippen LogP contribution in [0.3, 0.4) is 0 Å². The predicted octanol–water partition coefficient (Wildman–Crippen LogP) is 3.59. The van der Waals surface area contributed by atoms with E-state index in [4.69, 9.17) is 0 Å². The molecular weight excluding hydrogens is 734 g/mol. The average Bonchev–Trinajstić information content (AvgIpc) is 2.73. The van der Waals surface area contributed by atoms with Gasteiger partial charge in [-0.2, -0.15) is 74.6 Å². The molecule has 39 heavy (non-hydrogen) atoms. The van der Waals surface area contributed by atoms with Crippen molar-refractivity contribution >= 4 is 10.1 Å². The number of hydrogen-bond donors (Lipinski definition) is 0. The van der Waals surface area contributed by atoms with E-state index in [1.54, 1.807) is 0 Å². The van der Waals surface area contributed by atoms with Crippen LogP contribution in [-0.4, -0.2) is 59.9 Å². The van der Waals surface area contributed by atoms with Gasteiger partial charge in [-0.25, -0.2) is 8.42 Å². The van der Waals surface area contributed by atoms with E-state index in [0.29, 0.717) is 0 Å². The number of benzene rings is 1. The lowest BCUT2D eigenvalue weighted by Gasteiger charge is -2.42. The minimum absolute atomic E-state index is 1.21. The van der Waals surface area contributed by atoms with Gasteiger partial charge in [0.2, 0.25) is 0 Å². The van der Waals surface area contributed by atoms with E-state index < -0.39 is 57.1 Å². The highest BCUT2D eigenvalue weighted by atomic mass is 127. The molecule has 0 heterocycles. The van der Waals surface area contributed by atoms with E-state index in [9.17, 15) is 87.6 Å². The number of alkyl halides is 17. The third-order valence-corrected chi connectivity index (χ3v) is 6.13. The Labute approximate surface area is 220 Å². The first kappa shape index (κ1) is 37.7. The quantitative estimate of drug-likeness (QED) is 0.221. The number of aryl methyl sites for hydroxylation is 1. The summed E-state index contributed by atoms with van der Waals surface area (Å²) in [6, 6.07) is 8.77. The molecule has 0 saturated heterocycles. The average molecular weight is 746 g/mol. The highest BCUT2D eigenvalue weighted by Gasteiger charge is 2.95. The lowest BCUT2D eigenvalue weighted by atomic mass is 9.91. The summed E-state index contributed by atoms with van der Waals surface area (Å²) in [5, 5.41) is -7.95. The molecule has 0 atom stereocenters. The Hall–Kier alpha value is -1.33. The van der Waals surface area contributed by atoms with Crippen molar-refractivity contribution in [3.63, 3.8) is 0 Å². The second-order valence-electron chi connectivity index (χ2n) is 7.31. The lowest BCUT2D eigenvalue weighted by molar-refractivity contribution is -0.458. The maximum absolute atomic E-state index is 13.0. The third-order valence-electron chi connectivity index (χ3n) is 4.47. The molecular formula is C17H12F17IO3S. The van der Waals surface area contributed by atoms with Crippen LogP contribution in [0, 0.1) is 3.57 Å². The summed E-state index contributed by atoms with van der Waals surface area (Å²) < 4.78 is 245. The Morgan fingerprint density at radius 2 is 0.923 bits per heavy atom. The van der Waals surface area contributed by atoms with Gasteiger partial charge >= 0.3 is 47.0 Å². The van der Waals surface area contributed by atoms with Crippen LogP contribution in [0.1, 0.15) is 18.9 Å². The van der Waals surface area contributed by atoms with E-state index in [2.05, 4.69) is 53.8 Å². The molecule has 0 N–H and O–H groups in total. The van der Waals surface area contributed by atoms with E-state index in [1.165, 1.54) is 22.0 Å². The monoisotopic (exact) mass is 746 g/mol. The van der Waals surface area contributed by atoms with Crippen molar-refractivity contribution in [3.05, 3.63) is 33.4 Å². The van der Waals surface area contributed by atoms with Gasteiger partial charge in [0.05, 0.1) is 0 Å². The van der Waals surface area contributed by atoms with Crippen LogP contribution in [0.25, 0.3) is 0 Å². The summed E-state index contributed by atoms with van der Waals surface area (Å²) in [4.78, 5) is 0. The standard InChI is InChI=1S/C9H12I.C8HF17O3S/c1-2-3-8-4-6-9(10)7-5-8;9-1(10,3(13,14)5(17,18)7(21,22)23)2(11,12)4(15,16)6(19,20)8(24,25)29(26,27)28/h4-7,10H,2-3H2,1H3;(H,26,27,28)/q+1;/p-1. The molecule has 0 bridgehead atoms. The van der Waals surface area contributed by atoms with Crippen LogP contribution in [0.2, 0.25) is 0 Å². The van der Waals surface area contributed by atoms with Gasteiger partial charge in [0.15, 0.2) is 13.7 Å². The number of hydrogen-bond acceptors (Lipinski definition) is 3. The van der Waals surface area contributed by atoms with Crippen molar-refractivity contribution in [2.24, 2.45) is 0 Å². The molecule has 0 fully saturated rings. The molecule has 0 aromatic heterocycles. The maximum Gasteiger partial charge on any atom is 0.460 e. The second kappa shape index (κ2) is 11.2. The van der Waals surface area contributed by atoms with Gasteiger partial charge in [-0.3, -0.25) is 0 Å². The Balaban J connectivity index is 0.00000120. The van der Waals surface area contributed by atoms with Crippen LogP contribution in [0.4, 0.5) is 74.6 Å². The summed E-state index contributed by atoms with van der Waals surface area (Å²) in [7, 11) is -8.14. The van der Waals surface area contributed by atoms with Crippen molar-refractivity contribution in [3.8, 4) is 0 Å². The Bertz CT molecular complexity index is 1080. The van der Waals surface area contributed by atoms with Gasteiger partial charge in [-0.15, -0.1) is 0 Å². The summed E-state index contributed by atoms with van der Waals surface area (Å²) in [6.07, 6.45) is -5.44. The van der Waals surface area contributed by atoms with Crippen molar-refractivity contribution in [2.75, 3.05) is 0 Å². The van der Waals surface area contributed by atoms with E-state index >= 15 is 0 Å². The fourth-order valence-corrected chi connectivity index (χ4v) is 3.08. The van der Waals surface area contributed by atoms with Gasteiger partial charge in [-0.05, 0) is 24.1 Å². The normalized spacial score (nSPS) is 15.1. The molecule has 1 rings (SSSR count). The number of halogens is 18. The van der Waals surface area contributed by atoms with Crippen molar-refractivity contribution in [1.29, 1.82) is 0 Å². The first-order valence-corrected chi connectivity index (χ1v) is 11.8. The van der Waals surface area contributed by atoms with Crippen LogP contribution in [0.5, 0.6) is 0 Å². The molecule has 230 valence electrons. The molecule has 22 heteroatoms. The van der Waals surface area contributed by atoms with E-state index in [-0.39, 0.29) is 0 Å². The fraction of sp³-hybridized carbons (Fsp3) is 0.647. The summed E-state index contributed by atoms with van der Waals surface area (Å²) in [5.41, 5.74) is 1.45. The van der Waals surface area contributed by atoms with Crippen LogP contribution < -0.4 is 22.6 Å². The molecule has 0 aliphatic heterocycles. The fourth-order valence-electron chi connectivity index (χ4n) is 2.25. The zero-order valence-electron chi connectivity index (χ0n) is 18.2. The largest absolute Gasteiger partial charge is 0.743 e. The molecule has 0 aliphatic rings. The Morgan fingerprint density at radius 3 is 1.21 bits per heavy atom. The van der Waals surface area contributed by atoms with Gasteiger partial charge in [0.25, 0.3) is 22.6 Å². The molecule has 0 spiro atoms. The molecule has 1 aromatic carbocycles. The number of rotatable bonds is 9. The Kier molecular flexibility index (Phi) is 10.8. The van der Waals surface area contributed by atoms with Crippen LogP contribution in [-0.2, 0) is 16.5 Å². The van der Waals surface area contributed by atoms with Crippen LogP contribution in [0.15, 0.2) is 24.3 Å². The predicted molar refractivity (Wildman–Crippen MR) is 90.9 cm³/mol. The zero-order chi connectivity index (χ0) is 31.9. The van der Waals surface area contributed by atoms with Crippen molar-refractivity contribution in [1.82, 2.24) is 0 Å². The van der Waals surface area contributed by atoms with Gasteiger partial charge in [-0.1, -0.05) is 25.5 Å². The smallest absolute Gasteiger partial charge is 0.460 e. The van der Waals surface area contributed by atoms with Crippen LogP contribution >= 0.6 is 0 Å². The second-order valence-corrected chi connectivity index (χ2v) is 10.1. The van der Waals surface area contributed by atoms with Gasteiger partial charge in [0, 0.05) is 0 Å². The minimum atomic E-state index is -8.92. The zero-order valence-corrected chi connectivity index (χ0v) is 21.3. The van der Waals surface area contributed by atoms with E-state index in [1.807, 2.05) is 0 Å². The molecule has 0 unspecified atom stereocenters. The SMILES string of the molecule is CCCc1ccc([IH+])cc1.O=S(=O)([O-])C(F)(F)C(F)(F)C(F)(F)C(F)(F)C(F)(F)C(F)(F)C(F)(F)C(F)(F)F. The summed E-state index contributed by atoms with van der Waals surface area (Å²) >= 11 is 2.05.